The van der Waals surface area contributed by atoms with Gasteiger partial charge in [0.05, 0.1) is 0 Å². The second-order valence-corrected chi connectivity index (χ2v) is 4.84. The van der Waals surface area contributed by atoms with Crippen molar-refractivity contribution in [3.05, 3.63) is 63.9 Å². The van der Waals surface area contributed by atoms with Crippen LogP contribution in [0.2, 0.25) is 0 Å². The van der Waals surface area contributed by atoms with Crippen LogP contribution >= 0.6 is 11.3 Å². The minimum atomic E-state index is -0.914. The minimum absolute atomic E-state index is 0.895. The van der Waals surface area contributed by atoms with E-state index in [-0.39, 0.29) is 0 Å². The van der Waals surface area contributed by atoms with E-state index in [0.29, 0.717) is 0 Å². The van der Waals surface area contributed by atoms with Crippen LogP contribution < -0.4 is 0 Å². The Balaban J connectivity index is 2.06. The fourth-order valence-electron chi connectivity index (χ4n) is 1.53. The molecule has 86 valence electrons. The monoisotopic (exact) mass is 244 g/mol. The average Bonchev–Trinajstić information content (AvgIpc) is 2.75. The predicted molar refractivity (Wildman–Crippen MR) is 70.2 cm³/mol. The van der Waals surface area contributed by atoms with E-state index in [9.17, 15) is 4.79 Å². The molecule has 1 N–H and O–H groups in total. The van der Waals surface area contributed by atoms with Crippen molar-refractivity contribution in [2.24, 2.45) is 0 Å². The van der Waals surface area contributed by atoms with Crippen molar-refractivity contribution >= 4 is 23.4 Å². The highest BCUT2D eigenvalue weighted by Crippen LogP contribution is 2.20. The van der Waals surface area contributed by atoms with Crippen molar-refractivity contribution in [3.63, 3.8) is 0 Å². The third kappa shape index (κ3) is 3.57. The lowest BCUT2D eigenvalue weighted by Crippen LogP contribution is -1.84. The Morgan fingerprint density at radius 2 is 1.94 bits per heavy atom. The van der Waals surface area contributed by atoms with Crippen molar-refractivity contribution in [3.8, 4) is 0 Å². The first-order valence-corrected chi connectivity index (χ1v) is 6.09. The molecule has 17 heavy (non-hydrogen) atoms. The third-order valence-electron chi connectivity index (χ3n) is 2.29. The maximum Gasteiger partial charge on any atom is 0.328 e. The molecule has 0 aliphatic rings. The second kappa shape index (κ2) is 5.46. The van der Waals surface area contributed by atoms with Gasteiger partial charge in [0.1, 0.15) is 0 Å². The fourth-order valence-corrected chi connectivity index (χ4v) is 2.48. The van der Waals surface area contributed by atoms with Gasteiger partial charge in [-0.3, -0.25) is 0 Å². The lowest BCUT2D eigenvalue weighted by Gasteiger charge is -1.96. The number of aliphatic carboxylic acids is 1. The average molecular weight is 244 g/mol. The summed E-state index contributed by atoms with van der Waals surface area (Å²) in [6.07, 6.45) is 3.69. The van der Waals surface area contributed by atoms with Gasteiger partial charge in [-0.05, 0) is 23.8 Å². The SMILES string of the molecule is O=C(O)C=Cc1ccc(Cc2ccccc2)s1. The first-order chi connectivity index (χ1) is 8.24. The molecule has 0 unspecified atom stereocenters. The molecular formula is C14H12O2S. The van der Waals surface area contributed by atoms with Crippen molar-refractivity contribution in [1.29, 1.82) is 0 Å². The molecule has 0 amide bonds. The number of carboxylic acid groups (broad SMARTS) is 1. The molecule has 0 atom stereocenters. The van der Waals surface area contributed by atoms with E-state index in [1.807, 2.05) is 30.3 Å². The number of hydrogen-bond donors (Lipinski definition) is 1. The highest BCUT2D eigenvalue weighted by Gasteiger charge is 1.99. The Bertz CT molecular complexity index is 526. The highest BCUT2D eigenvalue weighted by atomic mass is 32.1. The molecule has 2 nitrogen and oxygen atoms in total. The van der Waals surface area contributed by atoms with Gasteiger partial charge in [0.15, 0.2) is 0 Å². The minimum Gasteiger partial charge on any atom is -0.478 e. The summed E-state index contributed by atoms with van der Waals surface area (Å²) in [6, 6.07) is 14.2. The van der Waals surface area contributed by atoms with Crippen molar-refractivity contribution < 1.29 is 9.90 Å². The van der Waals surface area contributed by atoms with Crippen LogP contribution in [0.3, 0.4) is 0 Å². The number of thiophene rings is 1. The number of rotatable bonds is 4. The van der Waals surface area contributed by atoms with Crippen LogP contribution in [0.15, 0.2) is 48.5 Å². The highest BCUT2D eigenvalue weighted by molar-refractivity contribution is 7.12. The first kappa shape index (κ1) is 11.6. The molecule has 3 heteroatoms. The lowest BCUT2D eigenvalue weighted by molar-refractivity contribution is -0.131. The normalized spacial score (nSPS) is 10.8. The van der Waals surface area contributed by atoms with Crippen molar-refractivity contribution in [2.45, 2.75) is 6.42 Å². The van der Waals surface area contributed by atoms with Crippen LogP contribution in [0.5, 0.6) is 0 Å². The molecule has 1 heterocycles. The summed E-state index contributed by atoms with van der Waals surface area (Å²) < 4.78 is 0. The molecule has 1 aromatic heterocycles. The molecule has 0 spiro atoms. The molecule has 1 aromatic carbocycles. The molecule has 0 aliphatic heterocycles. The van der Waals surface area contributed by atoms with Gasteiger partial charge < -0.3 is 5.11 Å². The van der Waals surface area contributed by atoms with Gasteiger partial charge in [-0.2, -0.15) is 0 Å². The summed E-state index contributed by atoms with van der Waals surface area (Å²) in [5, 5.41) is 8.53. The van der Waals surface area contributed by atoms with Gasteiger partial charge in [-0.15, -0.1) is 11.3 Å². The molecule has 2 rings (SSSR count). The van der Waals surface area contributed by atoms with Gasteiger partial charge in [-0.25, -0.2) is 4.79 Å². The first-order valence-electron chi connectivity index (χ1n) is 5.28. The zero-order valence-electron chi connectivity index (χ0n) is 9.17. The van der Waals surface area contributed by atoms with Crippen LogP contribution in [0.4, 0.5) is 0 Å². The van der Waals surface area contributed by atoms with E-state index in [1.54, 1.807) is 17.4 Å². The summed E-state index contributed by atoms with van der Waals surface area (Å²) in [5.41, 5.74) is 1.27. The summed E-state index contributed by atoms with van der Waals surface area (Å²) >= 11 is 1.62. The largest absolute Gasteiger partial charge is 0.478 e. The molecule has 0 fully saturated rings. The van der Waals surface area contributed by atoms with Crippen LogP contribution in [-0.2, 0) is 11.2 Å². The number of carbonyl (C=O) groups is 1. The smallest absolute Gasteiger partial charge is 0.328 e. The molecule has 0 saturated carbocycles. The van der Waals surface area contributed by atoms with E-state index in [4.69, 9.17) is 5.11 Å². The van der Waals surface area contributed by atoms with Crippen molar-refractivity contribution in [2.75, 3.05) is 0 Å². The summed E-state index contributed by atoms with van der Waals surface area (Å²) in [7, 11) is 0. The summed E-state index contributed by atoms with van der Waals surface area (Å²) in [5.74, 6) is -0.914. The fraction of sp³-hybridized carbons (Fsp3) is 0.0714. The topological polar surface area (TPSA) is 37.3 Å². The van der Waals surface area contributed by atoms with E-state index in [0.717, 1.165) is 17.4 Å². The Morgan fingerprint density at radius 3 is 2.65 bits per heavy atom. The van der Waals surface area contributed by atoms with E-state index in [2.05, 4.69) is 12.1 Å². The number of hydrogen-bond acceptors (Lipinski definition) is 2. The van der Waals surface area contributed by atoms with Crippen LogP contribution in [0.25, 0.3) is 6.08 Å². The van der Waals surface area contributed by atoms with Crippen LogP contribution in [0.1, 0.15) is 15.3 Å². The van der Waals surface area contributed by atoms with E-state index >= 15 is 0 Å². The number of carboxylic acids is 1. The van der Waals surface area contributed by atoms with E-state index in [1.165, 1.54) is 10.4 Å². The standard InChI is InChI=1S/C14H12O2S/c15-14(16)9-8-12-6-7-13(17-12)10-11-4-2-1-3-5-11/h1-9H,10H2,(H,15,16). The second-order valence-electron chi connectivity index (χ2n) is 3.64. The molecule has 0 radical (unpaired) electrons. The molecule has 2 aromatic rings. The Hall–Kier alpha value is -1.87. The van der Waals surface area contributed by atoms with Gasteiger partial charge in [0, 0.05) is 22.3 Å². The Morgan fingerprint density at radius 1 is 1.18 bits per heavy atom. The van der Waals surface area contributed by atoms with Crippen LogP contribution in [0, 0.1) is 0 Å². The number of benzene rings is 1. The molecular weight excluding hydrogens is 232 g/mol. The summed E-state index contributed by atoms with van der Waals surface area (Å²) in [6.45, 7) is 0. The van der Waals surface area contributed by atoms with Gasteiger partial charge in [0.2, 0.25) is 0 Å². The zero-order chi connectivity index (χ0) is 12.1. The maximum absolute atomic E-state index is 10.4. The quantitative estimate of drug-likeness (QED) is 0.836. The van der Waals surface area contributed by atoms with E-state index < -0.39 is 5.97 Å². The predicted octanol–water partition coefficient (Wildman–Crippen LogP) is 3.44. The Labute approximate surface area is 104 Å². The maximum atomic E-state index is 10.4. The zero-order valence-corrected chi connectivity index (χ0v) is 9.98. The van der Waals surface area contributed by atoms with Crippen LogP contribution in [-0.4, -0.2) is 11.1 Å². The summed E-state index contributed by atoms with van der Waals surface area (Å²) in [4.78, 5) is 12.6. The Kier molecular flexibility index (Phi) is 3.73. The van der Waals surface area contributed by atoms with Gasteiger partial charge in [-0.1, -0.05) is 30.3 Å². The van der Waals surface area contributed by atoms with Gasteiger partial charge >= 0.3 is 5.97 Å². The van der Waals surface area contributed by atoms with Crippen molar-refractivity contribution in [1.82, 2.24) is 0 Å². The molecule has 0 bridgehead atoms. The molecule has 0 saturated heterocycles. The van der Waals surface area contributed by atoms with Gasteiger partial charge in [0.25, 0.3) is 0 Å². The third-order valence-corrected chi connectivity index (χ3v) is 3.34. The molecule has 0 aliphatic carbocycles. The lowest BCUT2D eigenvalue weighted by atomic mass is 10.1.